The Morgan fingerprint density at radius 1 is 0.909 bits per heavy atom. The zero-order valence-electron chi connectivity index (χ0n) is 13.2. The van der Waals surface area contributed by atoms with E-state index in [1.165, 1.54) is 46.3 Å². The van der Waals surface area contributed by atoms with Crippen molar-refractivity contribution in [2.45, 2.75) is 36.9 Å². The first-order valence-electron chi connectivity index (χ1n) is 8.39. The number of ether oxygens (including phenoxy) is 2. The Morgan fingerprint density at radius 2 is 1.45 bits per heavy atom. The summed E-state index contributed by atoms with van der Waals surface area (Å²) in [7, 11) is 2.87. The van der Waals surface area contributed by atoms with Crippen LogP contribution >= 0.6 is 11.8 Å². The first kappa shape index (κ1) is 14.9. The van der Waals surface area contributed by atoms with E-state index in [0.717, 1.165) is 11.8 Å². The second-order valence-electron chi connectivity index (χ2n) is 7.60. The van der Waals surface area contributed by atoms with Crippen molar-refractivity contribution in [3.8, 4) is 0 Å². The summed E-state index contributed by atoms with van der Waals surface area (Å²) in [5.41, 5.74) is 0. The molecule has 22 heavy (non-hydrogen) atoms. The lowest BCUT2D eigenvalue weighted by atomic mass is 9.48. The van der Waals surface area contributed by atoms with Crippen LogP contribution in [0.2, 0.25) is 0 Å². The Bertz CT molecular complexity index is 475. The Hall–Kier alpha value is -0.710. The molecule has 4 aliphatic carbocycles. The van der Waals surface area contributed by atoms with Crippen LogP contribution in [0.3, 0.4) is 0 Å². The number of hydrogen-bond donors (Lipinski definition) is 0. The van der Waals surface area contributed by atoms with Crippen molar-refractivity contribution >= 4 is 23.7 Å². The van der Waals surface area contributed by atoms with Gasteiger partial charge < -0.3 is 9.47 Å². The highest BCUT2D eigenvalue weighted by atomic mass is 32.2. The Balaban J connectivity index is 1.73. The summed E-state index contributed by atoms with van der Waals surface area (Å²) in [6.45, 7) is 0. The van der Waals surface area contributed by atoms with Crippen LogP contribution in [-0.2, 0) is 19.1 Å². The van der Waals surface area contributed by atoms with Gasteiger partial charge in [-0.2, -0.15) is 11.8 Å². The summed E-state index contributed by atoms with van der Waals surface area (Å²) in [6.07, 6.45) is 6.34. The van der Waals surface area contributed by atoms with E-state index in [4.69, 9.17) is 9.47 Å². The fourth-order valence-electron chi connectivity index (χ4n) is 6.23. The topological polar surface area (TPSA) is 52.6 Å². The third kappa shape index (κ3) is 1.84. The number of methoxy groups -OCH3 is 2. The minimum absolute atomic E-state index is 0.0701. The fraction of sp³-hybridized carbons (Fsp3) is 0.882. The van der Waals surface area contributed by atoms with Gasteiger partial charge in [0.2, 0.25) is 0 Å². The lowest BCUT2D eigenvalue weighted by molar-refractivity contribution is -0.162. The van der Waals surface area contributed by atoms with Crippen LogP contribution in [-0.4, -0.2) is 36.7 Å². The maximum absolute atomic E-state index is 12.6. The fourth-order valence-corrected chi connectivity index (χ4v) is 8.32. The quantitative estimate of drug-likeness (QED) is 0.731. The Kier molecular flexibility index (Phi) is 3.48. The number of carbonyl (C=O) groups is 2. The molecule has 5 aliphatic rings. The van der Waals surface area contributed by atoms with E-state index in [-0.39, 0.29) is 28.5 Å². The molecular formula is C17H24O4S. The van der Waals surface area contributed by atoms with Crippen molar-refractivity contribution in [2.24, 2.45) is 35.5 Å². The summed E-state index contributed by atoms with van der Waals surface area (Å²) in [4.78, 5) is 24.8. The maximum atomic E-state index is 12.6. The van der Waals surface area contributed by atoms with Crippen molar-refractivity contribution in [3.63, 3.8) is 0 Å². The van der Waals surface area contributed by atoms with Gasteiger partial charge in [-0.3, -0.25) is 9.59 Å². The van der Waals surface area contributed by atoms with E-state index in [1.54, 1.807) is 0 Å². The predicted octanol–water partition coefficient (Wildman–Crippen LogP) is 2.51. The monoisotopic (exact) mass is 324 g/mol. The standard InChI is InChI=1S/C17H24O4S/c1-20-15(18)13-8-22-17(14(13)16(19)21-2)11-4-9-3-10(6-11)7-12(17)5-9/h9-14H,3-8H2,1-2H3/t9?,10?,11?,12?,13-,14-,17?/m0/s1. The number of carbonyl (C=O) groups excluding carboxylic acids is 2. The van der Waals surface area contributed by atoms with Gasteiger partial charge in [-0.05, 0) is 55.8 Å². The molecule has 1 spiro atoms. The van der Waals surface area contributed by atoms with Crippen molar-refractivity contribution < 1.29 is 19.1 Å². The van der Waals surface area contributed by atoms with Crippen molar-refractivity contribution in [1.82, 2.24) is 0 Å². The second-order valence-corrected chi connectivity index (χ2v) is 8.93. The third-order valence-electron chi connectivity index (χ3n) is 6.77. The highest BCUT2D eigenvalue weighted by Crippen LogP contribution is 2.68. The third-order valence-corrected chi connectivity index (χ3v) is 8.72. The predicted molar refractivity (Wildman–Crippen MR) is 83.2 cm³/mol. The molecule has 4 saturated carbocycles. The van der Waals surface area contributed by atoms with Crippen LogP contribution in [0.25, 0.3) is 0 Å². The average Bonchev–Trinajstić information content (AvgIpc) is 2.91. The molecule has 0 N–H and O–H groups in total. The van der Waals surface area contributed by atoms with Crippen LogP contribution in [0.4, 0.5) is 0 Å². The molecular weight excluding hydrogens is 300 g/mol. The largest absolute Gasteiger partial charge is 0.469 e. The van der Waals surface area contributed by atoms with Gasteiger partial charge in [-0.15, -0.1) is 0 Å². The molecule has 1 saturated heterocycles. The molecule has 0 radical (unpaired) electrons. The summed E-state index contributed by atoms with van der Waals surface area (Å²) < 4.78 is 10.0. The van der Waals surface area contributed by atoms with Crippen LogP contribution in [0.15, 0.2) is 0 Å². The highest BCUT2D eigenvalue weighted by molar-refractivity contribution is 8.01. The van der Waals surface area contributed by atoms with E-state index < -0.39 is 0 Å². The van der Waals surface area contributed by atoms with Gasteiger partial charge >= 0.3 is 11.9 Å². The first-order valence-corrected chi connectivity index (χ1v) is 9.38. The number of thioether (sulfide) groups is 1. The van der Waals surface area contributed by atoms with Gasteiger partial charge in [0.15, 0.2) is 0 Å². The lowest BCUT2D eigenvalue weighted by Crippen LogP contribution is -2.60. The average molecular weight is 324 g/mol. The minimum atomic E-state index is -0.333. The van der Waals surface area contributed by atoms with E-state index in [1.807, 2.05) is 11.8 Å². The molecule has 122 valence electrons. The van der Waals surface area contributed by atoms with Gasteiger partial charge in [0.05, 0.1) is 26.1 Å². The molecule has 4 bridgehead atoms. The summed E-state index contributed by atoms with van der Waals surface area (Å²) in [5, 5.41) is 0. The van der Waals surface area contributed by atoms with E-state index in [9.17, 15) is 9.59 Å². The molecule has 1 heterocycles. The highest BCUT2D eigenvalue weighted by Gasteiger charge is 2.67. The second kappa shape index (κ2) is 5.15. The van der Waals surface area contributed by atoms with E-state index in [0.29, 0.717) is 17.6 Å². The SMILES string of the molecule is COC(=O)[C@H]1CSC2(C3CC4CC(C3)CC2C4)[C@@H]1C(=O)OC. The normalized spacial score (nSPS) is 48.6. The first-order chi connectivity index (χ1) is 10.6. The van der Waals surface area contributed by atoms with Crippen LogP contribution in [0, 0.1) is 35.5 Å². The molecule has 0 aromatic heterocycles. The van der Waals surface area contributed by atoms with Gasteiger partial charge in [-0.25, -0.2) is 0 Å². The molecule has 5 fully saturated rings. The molecule has 0 unspecified atom stereocenters. The molecule has 5 heteroatoms. The van der Waals surface area contributed by atoms with Gasteiger partial charge in [-0.1, -0.05) is 0 Å². The number of esters is 2. The zero-order chi connectivity index (χ0) is 15.5. The molecule has 0 amide bonds. The smallest absolute Gasteiger partial charge is 0.311 e. The van der Waals surface area contributed by atoms with E-state index in [2.05, 4.69) is 0 Å². The van der Waals surface area contributed by atoms with Crippen molar-refractivity contribution in [1.29, 1.82) is 0 Å². The molecule has 5 rings (SSSR count). The van der Waals surface area contributed by atoms with Crippen LogP contribution in [0.1, 0.15) is 32.1 Å². The zero-order valence-corrected chi connectivity index (χ0v) is 14.1. The number of rotatable bonds is 2. The summed E-state index contributed by atoms with van der Waals surface area (Å²) >= 11 is 1.88. The van der Waals surface area contributed by atoms with Crippen molar-refractivity contribution in [2.75, 3.05) is 20.0 Å². The minimum Gasteiger partial charge on any atom is -0.469 e. The van der Waals surface area contributed by atoms with Gasteiger partial charge in [0, 0.05) is 10.5 Å². The maximum Gasteiger partial charge on any atom is 0.311 e. The molecule has 1 aliphatic heterocycles. The molecule has 0 aromatic rings. The summed E-state index contributed by atoms with van der Waals surface area (Å²) in [5.74, 6) is 2.47. The van der Waals surface area contributed by atoms with Crippen LogP contribution < -0.4 is 0 Å². The van der Waals surface area contributed by atoms with Crippen LogP contribution in [0.5, 0.6) is 0 Å². The molecule has 0 aromatic carbocycles. The van der Waals surface area contributed by atoms with Gasteiger partial charge in [0.1, 0.15) is 0 Å². The Labute approximate surface area is 135 Å². The van der Waals surface area contributed by atoms with E-state index >= 15 is 0 Å². The van der Waals surface area contributed by atoms with Gasteiger partial charge in [0.25, 0.3) is 0 Å². The molecule has 4 nitrogen and oxygen atoms in total. The number of hydrogen-bond acceptors (Lipinski definition) is 5. The summed E-state index contributed by atoms with van der Waals surface area (Å²) in [6, 6.07) is 0. The van der Waals surface area contributed by atoms with Crippen molar-refractivity contribution in [3.05, 3.63) is 0 Å². The Morgan fingerprint density at radius 3 is 1.95 bits per heavy atom. The molecule has 2 atom stereocenters. The lowest BCUT2D eigenvalue weighted by Gasteiger charge is -2.61.